The fourth-order valence-electron chi connectivity index (χ4n) is 3.47. The lowest BCUT2D eigenvalue weighted by molar-refractivity contribution is -0.138. The number of benzene rings is 1. The van der Waals surface area contributed by atoms with Gasteiger partial charge in [-0.25, -0.2) is 0 Å². The van der Waals surface area contributed by atoms with E-state index in [0.717, 1.165) is 26.1 Å². The molecule has 0 spiro atoms. The Balaban J connectivity index is 1.67. The van der Waals surface area contributed by atoms with Crippen molar-refractivity contribution in [3.8, 4) is 0 Å². The van der Waals surface area contributed by atoms with Crippen molar-refractivity contribution in [2.45, 2.75) is 38.3 Å². The van der Waals surface area contributed by atoms with Gasteiger partial charge in [-0.1, -0.05) is 24.3 Å². The molecule has 3 rings (SSSR count). The van der Waals surface area contributed by atoms with E-state index >= 15 is 0 Å². The quantitative estimate of drug-likeness (QED) is 0.900. The normalized spacial score (nSPS) is 29.6. The molecule has 4 heteroatoms. The molecule has 0 radical (unpaired) electrons. The highest BCUT2D eigenvalue weighted by Gasteiger charge is 2.35. The van der Waals surface area contributed by atoms with Crippen LogP contribution in [0.2, 0.25) is 0 Å². The molecule has 21 heavy (non-hydrogen) atoms. The number of nitrogens with zero attached hydrogens (tertiary/aromatic N) is 1. The second kappa shape index (κ2) is 6.16. The van der Waals surface area contributed by atoms with Crippen molar-refractivity contribution in [1.82, 2.24) is 10.2 Å². The molecule has 1 aromatic carbocycles. The van der Waals surface area contributed by atoms with Crippen molar-refractivity contribution in [3.05, 3.63) is 35.4 Å². The van der Waals surface area contributed by atoms with E-state index in [9.17, 15) is 4.79 Å². The van der Waals surface area contributed by atoms with Crippen LogP contribution in [0, 0.1) is 6.92 Å². The number of aryl methyl sites for hydroxylation is 1. The molecule has 2 heterocycles. The first kappa shape index (κ1) is 14.5. The fraction of sp³-hybridized carbons (Fsp3) is 0.588. The second-order valence-corrected chi connectivity index (χ2v) is 6.13. The first-order valence-electron chi connectivity index (χ1n) is 7.86. The predicted octanol–water partition coefficient (Wildman–Crippen LogP) is 1.69. The number of carbonyl (C=O) groups is 1. The topological polar surface area (TPSA) is 41.6 Å². The molecular formula is C17H24N2O2. The molecule has 1 aromatic rings. The molecule has 1 N–H and O–H groups in total. The summed E-state index contributed by atoms with van der Waals surface area (Å²) in [5.74, 6) is 0.660. The lowest BCUT2D eigenvalue weighted by atomic mass is 9.94. The number of rotatable bonds is 2. The molecule has 3 atom stereocenters. The van der Waals surface area contributed by atoms with Crippen molar-refractivity contribution in [3.63, 3.8) is 0 Å². The van der Waals surface area contributed by atoms with Gasteiger partial charge in [-0.15, -0.1) is 0 Å². The summed E-state index contributed by atoms with van der Waals surface area (Å²) >= 11 is 0. The summed E-state index contributed by atoms with van der Waals surface area (Å²) < 4.78 is 5.59. The lowest BCUT2D eigenvalue weighted by Gasteiger charge is -2.32. The zero-order valence-corrected chi connectivity index (χ0v) is 12.8. The van der Waals surface area contributed by atoms with E-state index in [1.807, 2.05) is 11.8 Å². The van der Waals surface area contributed by atoms with E-state index in [0.29, 0.717) is 12.5 Å². The van der Waals surface area contributed by atoms with Gasteiger partial charge in [0.05, 0.1) is 12.7 Å². The lowest BCUT2D eigenvalue weighted by Crippen LogP contribution is -2.56. The summed E-state index contributed by atoms with van der Waals surface area (Å²) in [5.41, 5.74) is 2.71. The van der Waals surface area contributed by atoms with Crippen LogP contribution in [0.15, 0.2) is 24.3 Å². The number of carbonyl (C=O) groups excluding carboxylic acids is 1. The third-order valence-electron chi connectivity index (χ3n) is 4.71. The van der Waals surface area contributed by atoms with Crippen molar-refractivity contribution in [2.75, 3.05) is 26.2 Å². The smallest absolute Gasteiger partial charge is 0.242 e. The molecule has 114 valence electrons. The molecule has 0 aliphatic carbocycles. The molecule has 2 fully saturated rings. The summed E-state index contributed by atoms with van der Waals surface area (Å²) in [6, 6.07) is 8.32. The zero-order valence-electron chi connectivity index (χ0n) is 12.8. The van der Waals surface area contributed by atoms with Crippen LogP contribution in [0.3, 0.4) is 0 Å². The standard InChI is InChI=1S/C17H24N2O2/c1-12-5-3-4-6-15(12)14-7-9-19(11-14)17(20)16-13(2)21-10-8-18-16/h3-6,13-14,16,18H,7-11H2,1-2H3/t13-,14?,16+/m1/s1. The van der Waals surface area contributed by atoms with Gasteiger partial charge in [-0.2, -0.15) is 0 Å². The van der Waals surface area contributed by atoms with Gasteiger partial charge in [0.15, 0.2) is 0 Å². The Morgan fingerprint density at radius 2 is 2.19 bits per heavy atom. The fourth-order valence-corrected chi connectivity index (χ4v) is 3.47. The van der Waals surface area contributed by atoms with Crippen molar-refractivity contribution < 1.29 is 9.53 Å². The van der Waals surface area contributed by atoms with E-state index in [2.05, 4.69) is 36.5 Å². The summed E-state index contributed by atoms with van der Waals surface area (Å²) in [4.78, 5) is 14.7. The highest BCUT2D eigenvalue weighted by atomic mass is 16.5. The molecule has 2 saturated heterocycles. The Morgan fingerprint density at radius 1 is 1.38 bits per heavy atom. The molecule has 1 unspecified atom stereocenters. The van der Waals surface area contributed by atoms with Gasteiger partial charge in [-0.3, -0.25) is 4.79 Å². The Morgan fingerprint density at radius 3 is 2.95 bits per heavy atom. The van der Waals surface area contributed by atoms with E-state index < -0.39 is 0 Å². The summed E-state index contributed by atoms with van der Waals surface area (Å²) in [6.07, 6.45) is 1.02. The maximum absolute atomic E-state index is 12.7. The molecule has 1 amide bonds. The summed E-state index contributed by atoms with van der Waals surface area (Å²) in [6.45, 7) is 7.26. The van der Waals surface area contributed by atoms with Gasteiger partial charge in [0.25, 0.3) is 0 Å². The van der Waals surface area contributed by atoms with Crippen LogP contribution in [0.25, 0.3) is 0 Å². The Bertz CT molecular complexity index is 517. The van der Waals surface area contributed by atoms with Gasteiger partial charge < -0.3 is 15.0 Å². The molecule has 4 nitrogen and oxygen atoms in total. The van der Waals surface area contributed by atoms with E-state index in [1.54, 1.807) is 0 Å². The highest BCUT2D eigenvalue weighted by Crippen LogP contribution is 2.29. The molecule has 2 aliphatic heterocycles. The maximum atomic E-state index is 12.7. The predicted molar refractivity (Wildman–Crippen MR) is 82.3 cm³/mol. The van der Waals surface area contributed by atoms with Crippen LogP contribution < -0.4 is 5.32 Å². The first-order chi connectivity index (χ1) is 10.2. The summed E-state index contributed by atoms with van der Waals surface area (Å²) in [7, 11) is 0. The first-order valence-corrected chi connectivity index (χ1v) is 7.86. The molecule has 0 saturated carbocycles. The Kier molecular flexibility index (Phi) is 4.27. The van der Waals surface area contributed by atoms with Crippen LogP contribution >= 0.6 is 0 Å². The number of amides is 1. The van der Waals surface area contributed by atoms with E-state index in [-0.39, 0.29) is 18.1 Å². The Labute approximate surface area is 126 Å². The minimum Gasteiger partial charge on any atom is -0.375 e. The minimum absolute atomic E-state index is 0.0382. The van der Waals surface area contributed by atoms with Gasteiger partial charge in [-0.05, 0) is 31.4 Å². The largest absolute Gasteiger partial charge is 0.375 e. The van der Waals surface area contributed by atoms with Gasteiger partial charge in [0.1, 0.15) is 6.04 Å². The van der Waals surface area contributed by atoms with Gasteiger partial charge in [0.2, 0.25) is 5.91 Å². The third-order valence-corrected chi connectivity index (χ3v) is 4.71. The van der Waals surface area contributed by atoms with Gasteiger partial charge >= 0.3 is 0 Å². The second-order valence-electron chi connectivity index (χ2n) is 6.13. The SMILES string of the molecule is Cc1ccccc1C1CCN(C(=O)[C@H]2NCCO[C@@H]2C)C1. The molecule has 2 aliphatic rings. The van der Waals surface area contributed by atoms with E-state index in [1.165, 1.54) is 11.1 Å². The van der Waals surface area contributed by atoms with Crippen LogP contribution in [-0.4, -0.2) is 49.2 Å². The average molecular weight is 288 g/mol. The number of hydrogen-bond donors (Lipinski definition) is 1. The zero-order chi connectivity index (χ0) is 14.8. The number of likely N-dealkylation sites (tertiary alicyclic amines) is 1. The molecule has 0 bridgehead atoms. The van der Waals surface area contributed by atoms with Crippen LogP contribution in [0.5, 0.6) is 0 Å². The van der Waals surface area contributed by atoms with Crippen molar-refractivity contribution in [2.24, 2.45) is 0 Å². The number of hydrogen-bond acceptors (Lipinski definition) is 3. The van der Waals surface area contributed by atoms with E-state index in [4.69, 9.17) is 4.74 Å². The highest BCUT2D eigenvalue weighted by molar-refractivity contribution is 5.83. The van der Waals surface area contributed by atoms with Crippen molar-refractivity contribution >= 4 is 5.91 Å². The molecule has 0 aromatic heterocycles. The van der Waals surface area contributed by atoms with Crippen LogP contribution in [-0.2, 0) is 9.53 Å². The third kappa shape index (κ3) is 2.97. The van der Waals surface area contributed by atoms with Crippen molar-refractivity contribution in [1.29, 1.82) is 0 Å². The van der Waals surface area contributed by atoms with Gasteiger partial charge in [0, 0.05) is 25.6 Å². The molecular weight excluding hydrogens is 264 g/mol. The number of morpholine rings is 1. The minimum atomic E-state index is -0.186. The maximum Gasteiger partial charge on any atom is 0.242 e. The average Bonchev–Trinajstić information content (AvgIpc) is 2.97. The van der Waals surface area contributed by atoms with Crippen LogP contribution in [0.4, 0.5) is 0 Å². The Hall–Kier alpha value is -1.39. The summed E-state index contributed by atoms with van der Waals surface area (Å²) in [5, 5.41) is 3.30. The van der Waals surface area contributed by atoms with Crippen LogP contribution in [0.1, 0.15) is 30.4 Å². The number of ether oxygens (including phenoxy) is 1. The monoisotopic (exact) mass is 288 g/mol. The number of nitrogens with one attached hydrogen (secondary N) is 1.